The third-order valence-corrected chi connectivity index (χ3v) is 4.51. The number of aliphatic hydroxyl groups excluding tert-OH is 1. The minimum absolute atomic E-state index is 0.282. The number of nitrogens with zero attached hydrogens (tertiary/aromatic N) is 1. The Bertz CT molecular complexity index is 425. The van der Waals surface area contributed by atoms with E-state index < -0.39 is 0 Å². The molecule has 0 aromatic heterocycles. The summed E-state index contributed by atoms with van der Waals surface area (Å²) in [7, 11) is 0. The number of hydrogen-bond acceptors (Lipinski definition) is 4. The van der Waals surface area contributed by atoms with Crippen molar-refractivity contribution in [3.63, 3.8) is 0 Å². The number of aliphatic hydroxyl groups is 1. The van der Waals surface area contributed by atoms with Crippen molar-refractivity contribution >= 4 is 5.69 Å². The maximum Gasteiger partial charge on any atom is 0.0642 e. The smallest absolute Gasteiger partial charge is 0.0642 e. The Kier molecular flexibility index (Phi) is 5.12. The normalized spacial score (nSPS) is 20.5. The van der Waals surface area contributed by atoms with Gasteiger partial charge in [-0.25, -0.2) is 0 Å². The van der Waals surface area contributed by atoms with Crippen LogP contribution in [0, 0.1) is 5.92 Å². The summed E-state index contributed by atoms with van der Waals surface area (Å²) in [5.74, 6) is 0.782. The van der Waals surface area contributed by atoms with E-state index in [0.29, 0.717) is 6.04 Å². The van der Waals surface area contributed by atoms with Crippen LogP contribution in [-0.2, 0) is 11.3 Å². The molecule has 0 radical (unpaired) electrons. The summed E-state index contributed by atoms with van der Waals surface area (Å²) in [4.78, 5) is 2.37. The first kappa shape index (κ1) is 14.8. The molecule has 3 rings (SSSR count). The molecule has 2 aliphatic rings. The molecular weight excluding hydrogens is 264 g/mol. The van der Waals surface area contributed by atoms with Gasteiger partial charge in [-0.2, -0.15) is 0 Å². The van der Waals surface area contributed by atoms with E-state index in [9.17, 15) is 0 Å². The van der Waals surface area contributed by atoms with Gasteiger partial charge in [-0.05, 0) is 42.9 Å². The fourth-order valence-corrected chi connectivity index (χ4v) is 3.04. The largest absolute Gasteiger partial charge is 0.396 e. The SMILES string of the molecule is OCCC(NCc1ccc(N2CCOCC2)cc1)C1CC1. The molecule has 21 heavy (non-hydrogen) atoms. The van der Waals surface area contributed by atoms with E-state index in [-0.39, 0.29) is 6.61 Å². The molecule has 1 saturated carbocycles. The summed E-state index contributed by atoms with van der Waals surface area (Å²) < 4.78 is 5.39. The van der Waals surface area contributed by atoms with Crippen molar-refractivity contribution in [3.8, 4) is 0 Å². The highest BCUT2D eigenvalue weighted by Crippen LogP contribution is 2.34. The molecule has 0 spiro atoms. The first-order chi connectivity index (χ1) is 10.4. The van der Waals surface area contributed by atoms with Gasteiger partial charge in [-0.15, -0.1) is 0 Å². The molecule has 4 nitrogen and oxygen atoms in total. The van der Waals surface area contributed by atoms with E-state index >= 15 is 0 Å². The van der Waals surface area contributed by atoms with Crippen LogP contribution in [0.25, 0.3) is 0 Å². The van der Waals surface area contributed by atoms with Crippen LogP contribution in [0.2, 0.25) is 0 Å². The van der Waals surface area contributed by atoms with Gasteiger partial charge in [-0.1, -0.05) is 12.1 Å². The van der Waals surface area contributed by atoms with Gasteiger partial charge in [-0.3, -0.25) is 0 Å². The second-order valence-corrected chi connectivity index (χ2v) is 6.10. The Morgan fingerprint density at radius 3 is 2.52 bits per heavy atom. The average molecular weight is 290 g/mol. The second kappa shape index (κ2) is 7.25. The van der Waals surface area contributed by atoms with Crippen LogP contribution in [0.5, 0.6) is 0 Å². The Morgan fingerprint density at radius 2 is 1.90 bits per heavy atom. The summed E-state index contributed by atoms with van der Waals surface area (Å²) in [6.07, 6.45) is 3.50. The van der Waals surface area contributed by atoms with Gasteiger partial charge < -0.3 is 20.1 Å². The summed E-state index contributed by atoms with van der Waals surface area (Å²) in [6.45, 7) is 4.80. The average Bonchev–Trinajstić information content (AvgIpc) is 3.38. The highest BCUT2D eigenvalue weighted by molar-refractivity contribution is 5.47. The number of morpholine rings is 1. The van der Waals surface area contributed by atoms with Crippen LogP contribution < -0.4 is 10.2 Å². The molecule has 0 amide bonds. The lowest BCUT2D eigenvalue weighted by Crippen LogP contribution is -2.36. The van der Waals surface area contributed by atoms with E-state index in [4.69, 9.17) is 9.84 Å². The molecule has 1 saturated heterocycles. The van der Waals surface area contributed by atoms with Crippen LogP contribution in [0.1, 0.15) is 24.8 Å². The van der Waals surface area contributed by atoms with Crippen molar-refractivity contribution in [2.24, 2.45) is 5.92 Å². The zero-order chi connectivity index (χ0) is 14.5. The minimum Gasteiger partial charge on any atom is -0.396 e. The lowest BCUT2D eigenvalue weighted by Gasteiger charge is -2.29. The van der Waals surface area contributed by atoms with Crippen molar-refractivity contribution in [2.45, 2.75) is 31.8 Å². The van der Waals surface area contributed by atoms with Crippen molar-refractivity contribution in [2.75, 3.05) is 37.8 Å². The van der Waals surface area contributed by atoms with Crippen molar-refractivity contribution in [3.05, 3.63) is 29.8 Å². The lowest BCUT2D eigenvalue weighted by molar-refractivity contribution is 0.122. The zero-order valence-electron chi connectivity index (χ0n) is 12.6. The van der Waals surface area contributed by atoms with E-state index in [1.807, 2.05) is 0 Å². The van der Waals surface area contributed by atoms with Crippen LogP contribution in [0.3, 0.4) is 0 Å². The highest BCUT2D eigenvalue weighted by Gasteiger charge is 2.30. The predicted molar refractivity (Wildman–Crippen MR) is 84.5 cm³/mol. The molecule has 2 fully saturated rings. The Morgan fingerprint density at radius 1 is 1.19 bits per heavy atom. The molecule has 1 aromatic carbocycles. The molecule has 1 heterocycles. The number of benzene rings is 1. The van der Waals surface area contributed by atoms with Crippen molar-refractivity contribution in [1.29, 1.82) is 0 Å². The van der Waals surface area contributed by atoms with Crippen LogP contribution in [0.15, 0.2) is 24.3 Å². The molecule has 1 aromatic rings. The standard InChI is InChI=1S/C17H26N2O2/c20-10-7-17(15-3-4-15)18-13-14-1-5-16(6-2-14)19-8-11-21-12-9-19/h1-2,5-6,15,17-18,20H,3-4,7-13H2. The fraction of sp³-hybridized carbons (Fsp3) is 0.647. The summed E-state index contributed by atoms with van der Waals surface area (Å²) in [6, 6.07) is 9.32. The topological polar surface area (TPSA) is 44.7 Å². The molecule has 4 heteroatoms. The van der Waals surface area contributed by atoms with Gasteiger partial charge in [0.05, 0.1) is 13.2 Å². The monoisotopic (exact) mass is 290 g/mol. The Balaban J connectivity index is 1.51. The van der Waals surface area contributed by atoms with Gasteiger partial charge in [0, 0.05) is 38.0 Å². The molecule has 2 N–H and O–H groups in total. The van der Waals surface area contributed by atoms with Crippen molar-refractivity contribution < 1.29 is 9.84 Å². The van der Waals surface area contributed by atoms with Crippen LogP contribution in [0.4, 0.5) is 5.69 Å². The van der Waals surface area contributed by atoms with Gasteiger partial charge in [0.25, 0.3) is 0 Å². The zero-order valence-corrected chi connectivity index (χ0v) is 12.6. The third-order valence-electron chi connectivity index (χ3n) is 4.51. The molecular formula is C17H26N2O2. The van der Waals surface area contributed by atoms with Gasteiger partial charge >= 0.3 is 0 Å². The van der Waals surface area contributed by atoms with Crippen LogP contribution in [-0.4, -0.2) is 44.1 Å². The highest BCUT2D eigenvalue weighted by atomic mass is 16.5. The first-order valence-electron chi connectivity index (χ1n) is 8.12. The van der Waals surface area contributed by atoms with Gasteiger partial charge in [0.15, 0.2) is 0 Å². The number of ether oxygens (including phenoxy) is 1. The van der Waals surface area contributed by atoms with Gasteiger partial charge in [0.1, 0.15) is 0 Å². The van der Waals surface area contributed by atoms with E-state index in [0.717, 1.165) is 45.2 Å². The summed E-state index contributed by atoms with van der Waals surface area (Å²) in [5.41, 5.74) is 2.60. The van der Waals surface area contributed by atoms with Crippen LogP contribution >= 0.6 is 0 Å². The number of anilines is 1. The fourth-order valence-electron chi connectivity index (χ4n) is 3.04. The van der Waals surface area contributed by atoms with E-state index in [1.54, 1.807) is 0 Å². The summed E-state index contributed by atoms with van der Waals surface area (Å²) in [5, 5.41) is 12.7. The third kappa shape index (κ3) is 4.19. The predicted octanol–water partition coefficient (Wildman–Crippen LogP) is 1.77. The Hall–Kier alpha value is -1.10. The molecule has 1 aliphatic carbocycles. The second-order valence-electron chi connectivity index (χ2n) is 6.10. The molecule has 116 valence electrons. The van der Waals surface area contributed by atoms with E-state index in [2.05, 4.69) is 34.5 Å². The molecule has 0 bridgehead atoms. The van der Waals surface area contributed by atoms with Crippen molar-refractivity contribution in [1.82, 2.24) is 5.32 Å². The first-order valence-corrected chi connectivity index (χ1v) is 8.12. The summed E-state index contributed by atoms with van der Waals surface area (Å²) >= 11 is 0. The number of hydrogen-bond donors (Lipinski definition) is 2. The quantitative estimate of drug-likeness (QED) is 0.803. The maximum atomic E-state index is 9.14. The maximum absolute atomic E-state index is 9.14. The number of rotatable bonds is 7. The lowest BCUT2D eigenvalue weighted by atomic mass is 10.1. The number of nitrogens with one attached hydrogen (secondary N) is 1. The molecule has 1 atom stereocenters. The minimum atomic E-state index is 0.282. The van der Waals surface area contributed by atoms with Gasteiger partial charge in [0.2, 0.25) is 0 Å². The Labute approximate surface area is 127 Å². The van der Waals surface area contributed by atoms with E-state index in [1.165, 1.54) is 24.1 Å². The molecule has 1 aliphatic heterocycles. The molecule has 1 unspecified atom stereocenters.